The van der Waals surface area contributed by atoms with Crippen LogP contribution < -0.4 is 5.32 Å². The van der Waals surface area contributed by atoms with Crippen LogP contribution >= 0.6 is 11.3 Å². The van der Waals surface area contributed by atoms with E-state index in [9.17, 15) is 4.79 Å². The number of ether oxygens (including phenoxy) is 1. The zero-order valence-corrected chi connectivity index (χ0v) is 24.1. The van der Waals surface area contributed by atoms with Crippen molar-refractivity contribution in [1.82, 2.24) is 9.88 Å². The monoisotopic (exact) mass is 499 g/mol. The van der Waals surface area contributed by atoms with Crippen molar-refractivity contribution in [2.45, 2.75) is 104 Å². The maximum Gasteiger partial charge on any atom is 0.184 e. The number of ketones is 1. The van der Waals surface area contributed by atoms with Gasteiger partial charge in [-0.2, -0.15) is 0 Å². The minimum absolute atomic E-state index is 0.0576. The van der Waals surface area contributed by atoms with Crippen molar-refractivity contribution in [2.75, 3.05) is 25.5 Å². The van der Waals surface area contributed by atoms with Crippen molar-refractivity contribution < 1.29 is 9.53 Å². The average molecular weight is 500 g/mol. The number of fused-ring (bicyclic) bond motifs is 3. The summed E-state index contributed by atoms with van der Waals surface area (Å²) in [6, 6.07) is 4.04. The predicted molar refractivity (Wildman–Crippen MR) is 148 cm³/mol. The number of hydrogen-bond donors (Lipinski definition) is 1. The van der Waals surface area contributed by atoms with E-state index in [1.807, 2.05) is 12.1 Å². The van der Waals surface area contributed by atoms with Crippen LogP contribution in [-0.4, -0.2) is 53.0 Å². The van der Waals surface area contributed by atoms with E-state index in [4.69, 9.17) is 9.72 Å². The van der Waals surface area contributed by atoms with E-state index in [1.165, 1.54) is 23.1 Å². The number of rotatable bonds is 9. The molecule has 1 N–H and O–H groups in total. The molecule has 1 saturated carbocycles. The number of benzene rings is 1. The molecule has 2 aliphatic carbocycles. The summed E-state index contributed by atoms with van der Waals surface area (Å²) in [6.07, 6.45) is 4.49. The first-order valence-electron chi connectivity index (χ1n) is 13.4. The minimum atomic E-state index is -0.146. The van der Waals surface area contributed by atoms with Gasteiger partial charge in [0, 0.05) is 24.3 Å². The quantitative estimate of drug-likeness (QED) is 0.406. The lowest BCUT2D eigenvalue weighted by Crippen LogP contribution is -2.54. The molecular formula is C29H45N3O2S. The first-order chi connectivity index (χ1) is 16.3. The van der Waals surface area contributed by atoms with Gasteiger partial charge >= 0.3 is 0 Å². The molecular weight excluding hydrogens is 454 g/mol. The van der Waals surface area contributed by atoms with E-state index < -0.39 is 0 Å². The van der Waals surface area contributed by atoms with Crippen molar-refractivity contribution in [3.63, 3.8) is 0 Å². The maximum atomic E-state index is 13.9. The SMILES string of the molecule is CC[C@@]1(C)c2c(ccc3nc(NC(C)(C)CCOC(C)(C)C)sc23)C(=O)C(N(C)CC2CC2)[C@@H]1C. The molecule has 0 radical (unpaired) electrons. The third-order valence-corrected chi connectivity index (χ3v) is 9.31. The first kappa shape index (κ1) is 26.6. The van der Waals surface area contributed by atoms with Crippen molar-refractivity contribution in [3.05, 3.63) is 23.3 Å². The normalized spacial score (nSPS) is 25.4. The molecule has 0 aliphatic heterocycles. The Hall–Kier alpha value is -1.50. The largest absolute Gasteiger partial charge is 0.376 e. The summed E-state index contributed by atoms with van der Waals surface area (Å²) in [7, 11) is 2.15. The van der Waals surface area contributed by atoms with Gasteiger partial charge in [-0.05, 0) is 102 Å². The summed E-state index contributed by atoms with van der Waals surface area (Å²) in [5.74, 6) is 1.29. The van der Waals surface area contributed by atoms with E-state index in [-0.39, 0.29) is 34.3 Å². The molecule has 1 fully saturated rings. The Morgan fingerprint density at radius 3 is 2.51 bits per heavy atom. The molecule has 3 atom stereocenters. The molecule has 35 heavy (non-hydrogen) atoms. The highest BCUT2D eigenvalue weighted by atomic mass is 32.1. The van der Waals surface area contributed by atoms with Crippen LogP contribution in [0.15, 0.2) is 12.1 Å². The summed E-state index contributed by atoms with van der Waals surface area (Å²) in [4.78, 5) is 21.2. The van der Waals surface area contributed by atoms with E-state index in [1.54, 1.807) is 11.3 Å². The number of Topliss-reactive ketones (excluding diaryl/α,β-unsaturated/α-hetero) is 1. The number of carbonyl (C=O) groups is 1. The van der Waals surface area contributed by atoms with Gasteiger partial charge in [0.2, 0.25) is 0 Å². The summed E-state index contributed by atoms with van der Waals surface area (Å²) in [5, 5.41) is 4.58. The fourth-order valence-corrected chi connectivity index (χ4v) is 6.97. The number of nitrogens with zero attached hydrogens (tertiary/aromatic N) is 2. The second-order valence-corrected chi connectivity index (χ2v) is 13.8. The highest BCUT2D eigenvalue weighted by Crippen LogP contribution is 2.50. The molecule has 1 unspecified atom stereocenters. The summed E-state index contributed by atoms with van der Waals surface area (Å²) in [6.45, 7) is 19.3. The smallest absolute Gasteiger partial charge is 0.184 e. The Kier molecular flexibility index (Phi) is 7.15. The molecule has 5 nitrogen and oxygen atoms in total. The van der Waals surface area contributed by atoms with E-state index in [2.05, 4.69) is 72.7 Å². The minimum Gasteiger partial charge on any atom is -0.376 e. The zero-order chi connectivity index (χ0) is 25.8. The van der Waals surface area contributed by atoms with Crippen LogP contribution in [0.2, 0.25) is 0 Å². The summed E-state index contributed by atoms with van der Waals surface area (Å²) < 4.78 is 7.13. The number of likely N-dealkylation sites (N-methyl/N-ethyl adjacent to an activating group) is 1. The topological polar surface area (TPSA) is 54.5 Å². The third kappa shape index (κ3) is 5.45. The predicted octanol–water partition coefficient (Wildman–Crippen LogP) is 6.90. The molecule has 2 aliphatic rings. The van der Waals surface area contributed by atoms with Crippen molar-refractivity contribution >= 4 is 32.5 Å². The fourth-order valence-electron chi connectivity index (χ4n) is 5.65. The molecule has 1 heterocycles. The lowest BCUT2D eigenvalue weighted by atomic mass is 9.61. The zero-order valence-electron chi connectivity index (χ0n) is 23.2. The van der Waals surface area contributed by atoms with Gasteiger partial charge in [0.15, 0.2) is 10.9 Å². The first-order valence-corrected chi connectivity index (χ1v) is 14.2. The second-order valence-electron chi connectivity index (χ2n) is 12.8. The van der Waals surface area contributed by atoms with Gasteiger partial charge in [0.1, 0.15) is 0 Å². The van der Waals surface area contributed by atoms with Gasteiger partial charge in [0.05, 0.1) is 21.9 Å². The molecule has 194 valence electrons. The number of carbonyl (C=O) groups excluding carboxylic acids is 1. The van der Waals surface area contributed by atoms with Crippen LogP contribution in [0.5, 0.6) is 0 Å². The fraction of sp³-hybridized carbons (Fsp3) is 0.724. The third-order valence-electron chi connectivity index (χ3n) is 8.30. The van der Waals surface area contributed by atoms with Crippen molar-refractivity contribution in [1.29, 1.82) is 0 Å². The Labute approximate surface area is 216 Å². The Morgan fingerprint density at radius 1 is 1.23 bits per heavy atom. The number of anilines is 1. The maximum absolute atomic E-state index is 13.9. The number of aromatic nitrogens is 1. The lowest BCUT2D eigenvalue weighted by Gasteiger charge is -2.47. The van der Waals surface area contributed by atoms with E-state index >= 15 is 0 Å². The highest BCUT2D eigenvalue weighted by molar-refractivity contribution is 7.22. The summed E-state index contributed by atoms with van der Waals surface area (Å²) in [5.41, 5.74) is 2.75. The highest BCUT2D eigenvalue weighted by Gasteiger charge is 2.49. The molecule has 2 aromatic rings. The van der Waals surface area contributed by atoms with Crippen molar-refractivity contribution in [2.24, 2.45) is 11.8 Å². The molecule has 0 saturated heterocycles. The lowest BCUT2D eigenvalue weighted by molar-refractivity contribution is -0.00846. The van der Waals surface area contributed by atoms with Gasteiger partial charge in [-0.3, -0.25) is 9.69 Å². The van der Waals surface area contributed by atoms with E-state index in [0.717, 1.165) is 41.5 Å². The van der Waals surface area contributed by atoms with Crippen LogP contribution in [-0.2, 0) is 10.2 Å². The Balaban J connectivity index is 1.66. The Morgan fingerprint density at radius 2 is 1.91 bits per heavy atom. The van der Waals surface area contributed by atoms with Crippen LogP contribution in [0.25, 0.3) is 10.2 Å². The molecule has 0 bridgehead atoms. The van der Waals surface area contributed by atoms with Gasteiger partial charge in [-0.1, -0.05) is 32.1 Å². The van der Waals surface area contributed by atoms with E-state index in [0.29, 0.717) is 6.61 Å². The number of thiazole rings is 1. The standard InChI is InChI=1S/C29H45N3O2S/c1-10-29(8)18(2)23(32(9)17-19-11-12-19)24(33)20-13-14-21-25(22(20)29)35-26(30-21)31-28(6,7)15-16-34-27(3,4)5/h13-14,18-19,23H,10-12,15-17H2,1-9H3,(H,30,31)/t18-,23?,29+/m0/s1. The molecule has 1 aromatic carbocycles. The second kappa shape index (κ2) is 9.42. The molecule has 6 heteroatoms. The molecule has 0 spiro atoms. The van der Waals surface area contributed by atoms with Crippen LogP contribution in [0.4, 0.5) is 5.13 Å². The van der Waals surface area contributed by atoms with Crippen LogP contribution in [0, 0.1) is 11.8 Å². The van der Waals surface area contributed by atoms with Gasteiger partial charge in [-0.15, -0.1) is 0 Å². The van der Waals surface area contributed by atoms with Gasteiger partial charge in [-0.25, -0.2) is 4.98 Å². The molecule has 4 rings (SSSR count). The Bertz CT molecular complexity index is 1080. The van der Waals surface area contributed by atoms with Crippen LogP contribution in [0.1, 0.15) is 97.0 Å². The number of hydrogen-bond acceptors (Lipinski definition) is 6. The molecule has 1 aromatic heterocycles. The van der Waals surface area contributed by atoms with Crippen LogP contribution in [0.3, 0.4) is 0 Å². The molecule has 0 amide bonds. The van der Waals surface area contributed by atoms with Crippen molar-refractivity contribution in [3.8, 4) is 0 Å². The van der Waals surface area contributed by atoms with Gasteiger partial charge in [0.25, 0.3) is 0 Å². The number of nitrogens with one attached hydrogen (secondary N) is 1. The van der Waals surface area contributed by atoms with Gasteiger partial charge < -0.3 is 10.1 Å². The average Bonchev–Trinajstić information content (AvgIpc) is 3.46. The summed E-state index contributed by atoms with van der Waals surface area (Å²) >= 11 is 1.70.